The van der Waals surface area contributed by atoms with E-state index in [1.807, 2.05) is 0 Å². The minimum atomic E-state index is -1.06. The van der Waals surface area contributed by atoms with Gasteiger partial charge in [-0.15, -0.1) is 0 Å². The first-order valence-electron chi connectivity index (χ1n) is 5.84. The summed E-state index contributed by atoms with van der Waals surface area (Å²) in [5, 5.41) is 16.7. The smallest absolute Gasteiger partial charge is 0.291 e. The quantitative estimate of drug-likeness (QED) is 0.671. The van der Waals surface area contributed by atoms with Crippen molar-refractivity contribution in [1.82, 2.24) is 5.27 Å². The number of aryl methyl sites for hydroxylation is 1. The zero-order chi connectivity index (χ0) is 15.6. The minimum Gasteiger partial charge on any atom is -0.538 e. The lowest BCUT2D eigenvalue weighted by molar-refractivity contribution is -0.772. The van der Waals surface area contributed by atoms with Crippen LogP contribution in [-0.2, 0) is 11.8 Å². The van der Waals surface area contributed by atoms with Gasteiger partial charge in [0.2, 0.25) is 5.91 Å². The summed E-state index contributed by atoms with van der Waals surface area (Å²) >= 11 is 0.953. The molecule has 6 nitrogen and oxygen atoms in total. The van der Waals surface area contributed by atoms with Gasteiger partial charge in [-0.3, -0.25) is 4.79 Å². The van der Waals surface area contributed by atoms with Gasteiger partial charge in [-0.25, -0.2) is 8.78 Å². The molecule has 0 spiro atoms. The number of rotatable bonds is 4. The number of nitrogens with one attached hydrogen (secondary N) is 1. The van der Waals surface area contributed by atoms with E-state index in [2.05, 4.69) is 15.1 Å². The van der Waals surface area contributed by atoms with Crippen molar-refractivity contribution in [3.8, 4) is 5.95 Å². The Balaban J connectivity index is 2.04. The monoisotopic (exact) mass is 315 g/mol. The lowest BCUT2D eigenvalue weighted by Gasteiger charge is -2.10. The van der Waals surface area contributed by atoms with E-state index in [0.717, 1.165) is 23.9 Å². The Kier molecular flexibility index (Phi) is 4.41. The zero-order valence-electron chi connectivity index (χ0n) is 11.1. The second-order valence-corrected chi connectivity index (χ2v) is 5.50. The molecule has 9 heteroatoms. The molecular formula is C12H11F2N3O3S. The molecule has 112 valence electrons. The van der Waals surface area contributed by atoms with Crippen LogP contribution in [0.25, 0.3) is 0 Å². The van der Waals surface area contributed by atoms with Crippen LogP contribution in [-0.4, -0.2) is 16.4 Å². The van der Waals surface area contributed by atoms with Crippen molar-refractivity contribution in [2.24, 2.45) is 7.05 Å². The zero-order valence-corrected chi connectivity index (χ0v) is 11.9. The summed E-state index contributed by atoms with van der Waals surface area (Å²) in [5.74, 6) is -3.16. The van der Waals surface area contributed by atoms with Crippen LogP contribution in [0.5, 0.6) is 5.95 Å². The van der Waals surface area contributed by atoms with Gasteiger partial charge in [-0.1, -0.05) is 4.68 Å². The number of benzene rings is 1. The third kappa shape index (κ3) is 3.48. The fraction of sp³-hybridized carbons (Fsp3) is 0.250. The molecule has 1 aromatic heterocycles. The van der Waals surface area contributed by atoms with Crippen LogP contribution in [0.3, 0.4) is 0 Å². The molecule has 0 aliphatic heterocycles. The molecule has 0 aliphatic carbocycles. The number of carbonyl (C=O) groups is 1. The van der Waals surface area contributed by atoms with Crippen molar-refractivity contribution in [3.63, 3.8) is 0 Å². The van der Waals surface area contributed by atoms with Crippen LogP contribution in [0.15, 0.2) is 27.7 Å². The fourth-order valence-corrected chi connectivity index (χ4v) is 2.29. The Hall–Kier alpha value is -2.16. The van der Waals surface area contributed by atoms with E-state index in [1.165, 1.54) is 17.8 Å². The summed E-state index contributed by atoms with van der Waals surface area (Å²) in [7, 11) is 1.51. The molecule has 1 amide bonds. The third-order valence-corrected chi connectivity index (χ3v) is 3.78. The van der Waals surface area contributed by atoms with Gasteiger partial charge < -0.3 is 14.9 Å². The minimum absolute atomic E-state index is 0.128. The molecule has 2 rings (SSSR count). The Morgan fingerprint density at radius 3 is 2.76 bits per heavy atom. The van der Waals surface area contributed by atoms with E-state index in [0.29, 0.717) is 0 Å². The first kappa shape index (κ1) is 15.2. The molecule has 1 N–H and O–H groups in total. The number of hydrogen-bond acceptors (Lipinski definition) is 5. The summed E-state index contributed by atoms with van der Waals surface area (Å²) in [5.41, 5.74) is 0.128. The second kappa shape index (κ2) is 6.08. The largest absolute Gasteiger partial charge is 0.538 e. The summed E-state index contributed by atoms with van der Waals surface area (Å²) in [6.07, 6.45) is 0. The molecular weight excluding hydrogens is 304 g/mol. The van der Waals surface area contributed by atoms with Crippen LogP contribution < -0.4 is 15.1 Å². The molecule has 1 heterocycles. The van der Waals surface area contributed by atoms with E-state index in [9.17, 15) is 18.7 Å². The number of amides is 1. The molecule has 0 saturated heterocycles. The molecule has 0 fully saturated rings. The molecule has 1 aromatic carbocycles. The van der Waals surface area contributed by atoms with Crippen LogP contribution >= 0.6 is 11.8 Å². The van der Waals surface area contributed by atoms with E-state index >= 15 is 0 Å². The van der Waals surface area contributed by atoms with Gasteiger partial charge in [0.25, 0.3) is 5.03 Å². The Bertz CT molecular complexity index is 658. The highest BCUT2D eigenvalue weighted by Crippen LogP contribution is 2.26. The van der Waals surface area contributed by atoms with E-state index in [1.54, 1.807) is 6.92 Å². The number of thioether (sulfide) groups is 1. The molecule has 1 unspecified atom stereocenters. The number of halogens is 2. The summed E-state index contributed by atoms with van der Waals surface area (Å²) in [6, 6.07) is 3.04. The van der Waals surface area contributed by atoms with Gasteiger partial charge in [-0.05, 0) is 30.8 Å². The number of carbonyl (C=O) groups excluding carboxylic acids is 1. The maximum absolute atomic E-state index is 13.0. The molecule has 0 radical (unpaired) electrons. The molecule has 2 aromatic rings. The molecule has 1 atom stereocenters. The summed E-state index contributed by atoms with van der Waals surface area (Å²) < 4.78 is 31.5. The van der Waals surface area contributed by atoms with Gasteiger partial charge in [0.1, 0.15) is 0 Å². The lowest BCUT2D eigenvalue weighted by atomic mass is 10.3. The van der Waals surface area contributed by atoms with Gasteiger partial charge in [0, 0.05) is 11.8 Å². The number of hydrogen-bond donors (Lipinski definition) is 1. The van der Waals surface area contributed by atoms with Gasteiger partial charge in [-0.2, -0.15) is 0 Å². The predicted octanol–water partition coefficient (Wildman–Crippen LogP) is 0.970. The maximum atomic E-state index is 13.0. The Morgan fingerprint density at radius 1 is 1.48 bits per heavy atom. The molecule has 0 aliphatic rings. The SMILES string of the molecule is CC(Sc1c([O-])on[n+]1C)C(=O)Nc1ccc(F)c(F)c1. The van der Waals surface area contributed by atoms with E-state index in [4.69, 9.17) is 0 Å². The highest BCUT2D eigenvalue weighted by atomic mass is 32.2. The van der Waals surface area contributed by atoms with Crippen molar-refractivity contribution in [2.45, 2.75) is 17.2 Å². The number of aromatic nitrogens is 2. The normalized spacial score (nSPS) is 12.2. The summed E-state index contributed by atoms with van der Waals surface area (Å²) in [4.78, 5) is 11.9. The van der Waals surface area contributed by atoms with Crippen LogP contribution in [0.1, 0.15) is 6.92 Å². The standard InChI is InChI=1S/C12H11F2N3O3S/c1-6(21-11-12(19)20-16-17(11)2)10(18)15-7-3-4-8(13)9(14)5-7/h3-6H,1-2H3,(H-,15,16,18,19). The van der Waals surface area contributed by atoms with Crippen molar-refractivity contribution in [2.75, 3.05) is 5.32 Å². The lowest BCUT2D eigenvalue weighted by Crippen LogP contribution is -2.33. The Morgan fingerprint density at radius 2 is 2.19 bits per heavy atom. The topological polar surface area (TPSA) is 82.1 Å². The van der Waals surface area contributed by atoms with Crippen LogP contribution in [0.4, 0.5) is 14.5 Å². The first-order valence-corrected chi connectivity index (χ1v) is 6.72. The molecule has 0 saturated carbocycles. The highest BCUT2D eigenvalue weighted by molar-refractivity contribution is 8.00. The van der Waals surface area contributed by atoms with Gasteiger partial charge in [0.15, 0.2) is 24.6 Å². The van der Waals surface area contributed by atoms with Crippen molar-refractivity contribution in [3.05, 3.63) is 29.8 Å². The van der Waals surface area contributed by atoms with Gasteiger partial charge in [0.05, 0.1) is 10.5 Å². The highest BCUT2D eigenvalue weighted by Gasteiger charge is 2.23. The van der Waals surface area contributed by atoms with Crippen LogP contribution in [0.2, 0.25) is 0 Å². The molecule has 0 bridgehead atoms. The van der Waals surface area contributed by atoms with Crippen molar-refractivity contribution in [1.29, 1.82) is 0 Å². The second-order valence-electron chi connectivity index (χ2n) is 4.17. The summed E-state index contributed by atoms with van der Waals surface area (Å²) in [6.45, 7) is 1.56. The number of anilines is 1. The van der Waals surface area contributed by atoms with Gasteiger partial charge >= 0.3 is 0 Å². The fourth-order valence-electron chi connectivity index (χ4n) is 1.47. The maximum Gasteiger partial charge on any atom is 0.291 e. The van der Waals surface area contributed by atoms with Crippen molar-refractivity contribution < 1.29 is 27.9 Å². The van der Waals surface area contributed by atoms with E-state index < -0.39 is 28.7 Å². The number of nitrogens with zero attached hydrogens (tertiary/aromatic N) is 2. The average Bonchev–Trinajstić information content (AvgIpc) is 2.74. The Labute approximate surface area is 122 Å². The first-order chi connectivity index (χ1) is 9.88. The van der Waals surface area contributed by atoms with Crippen LogP contribution in [0, 0.1) is 11.6 Å². The van der Waals surface area contributed by atoms with E-state index in [-0.39, 0.29) is 10.7 Å². The predicted molar refractivity (Wildman–Crippen MR) is 67.4 cm³/mol. The average molecular weight is 315 g/mol. The molecule has 21 heavy (non-hydrogen) atoms. The third-order valence-electron chi connectivity index (χ3n) is 2.56. The van der Waals surface area contributed by atoms with Crippen molar-refractivity contribution >= 4 is 23.4 Å².